The van der Waals surface area contributed by atoms with E-state index < -0.39 is 0 Å². The second-order valence-electron chi connectivity index (χ2n) is 9.91. The molecule has 3 aliphatic rings. The standard InChI is InChI=1S/C25H32N4O2S2/c1-15-10-16(2)14-28(13-15)22-19(17(3)20(12-26)23(30)27(22)4)11-21-24(31)29(25(32)33-21)18-8-6-5-7-9-18/h11,15-16,18H,5-10,13-14H2,1-4H3. The van der Waals surface area contributed by atoms with Crippen molar-refractivity contribution in [1.82, 2.24) is 9.47 Å². The number of thioether (sulfide) groups is 1. The van der Waals surface area contributed by atoms with E-state index in [1.54, 1.807) is 16.5 Å². The van der Waals surface area contributed by atoms with Gasteiger partial charge in [-0.1, -0.05) is 57.1 Å². The van der Waals surface area contributed by atoms with Crippen LogP contribution in [0.1, 0.15) is 69.1 Å². The molecule has 3 fully saturated rings. The van der Waals surface area contributed by atoms with Crippen molar-refractivity contribution in [2.45, 2.75) is 65.3 Å². The van der Waals surface area contributed by atoms with E-state index in [1.807, 2.05) is 13.0 Å². The fourth-order valence-electron chi connectivity index (χ4n) is 5.70. The van der Waals surface area contributed by atoms with Crippen LogP contribution < -0.4 is 10.5 Å². The van der Waals surface area contributed by atoms with E-state index in [-0.39, 0.29) is 23.1 Å². The van der Waals surface area contributed by atoms with E-state index in [0.29, 0.717) is 26.6 Å². The van der Waals surface area contributed by atoms with Crippen molar-refractivity contribution in [2.75, 3.05) is 18.0 Å². The number of nitriles is 1. The van der Waals surface area contributed by atoms with Crippen molar-refractivity contribution in [3.63, 3.8) is 0 Å². The minimum atomic E-state index is -0.289. The highest BCUT2D eigenvalue weighted by molar-refractivity contribution is 8.26. The zero-order valence-electron chi connectivity index (χ0n) is 19.9. The quantitative estimate of drug-likeness (QED) is 0.462. The number of nitrogens with zero attached hydrogens (tertiary/aromatic N) is 4. The minimum Gasteiger partial charge on any atom is -0.357 e. The SMILES string of the molecule is Cc1c(C=C2SC(=S)N(C3CCCCC3)C2=O)c(N2CC(C)CC(C)C2)n(C)c(=O)c1C#N. The van der Waals surface area contributed by atoms with Gasteiger partial charge in [-0.05, 0) is 49.7 Å². The molecule has 0 radical (unpaired) electrons. The lowest BCUT2D eigenvalue weighted by atomic mass is 9.91. The maximum absolute atomic E-state index is 13.4. The van der Waals surface area contributed by atoms with Gasteiger partial charge in [0.2, 0.25) is 0 Å². The first-order valence-electron chi connectivity index (χ1n) is 11.9. The summed E-state index contributed by atoms with van der Waals surface area (Å²) in [5.41, 5.74) is 1.25. The molecule has 2 aliphatic heterocycles. The van der Waals surface area contributed by atoms with Gasteiger partial charge in [0.15, 0.2) is 0 Å². The summed E-state index contributed by atoms with van der Waals surface area (Å²) in [6.45, 7) is 7.95. The minimum absolute atomic E-state index is 0.0463. The Morgan fingerprint density at radius 1 is 1.12 bits per heavy atom. The maximum atomic E-state index is 13.4. The molecule has 2 atom stereocenters. The van der Waals surface area contributed by atoms with E-state index in [0.717, 1.165) is 56.6 Å². The van der Waals surface area contributed by atoms with Crippen molar-refractivity contribution in [2.24, 2.45) is 18.9 Å². The van der Waals surface area contributed by atoms with E-state index in [9.17, 15) is 14.9 Å². The molecular formula is C25H32N4O2S2. The van der Waals surface area contributed by atoms with Crippen molar-refractivity contribution in [3.05, 3.63) is 31.9 Å². The molecule has 3 heterocycles. The van der Waals surface area contributed by atoms with Crippen LogP contribution in [0.2, 0.25) is 0 Å². The molecular weight excluding hydrogens is 452 g/mol. The number of thiocarbonyl (C=S) groups is 1. The predicted octanol–water partition coefficient (Wildman–Crippen LogP) is 4.58. The number of aromatic nitrogens is 1. The van der Waals surface area contributed by atoms with Crippen LogP contribution in [0.4, 0.5) is 5.82 Å². The van der Waals surface area contributed by atoms with Gasteiger partial charge in [0.25, 0.3) is 11.5 Å². The van der Waals surface area contributed by atoms with Crippen molar-refractivity contribution in [3.8, 4) is 6.07 Å². The summed E-state index contributed by atoms with van der Waals surface area (Å²) >= 11 is 6.96. The highest BCUT2D eigenvalue weighted by Crippen LogP contribution is 2.39. The summed E-state index contributed by atoms with van der Waals surface area (Å²) in [5.74, 6) is 1.74. The zero-order chi connectivity index (χ0) is 23.9. The fraction of sp³-hybridized carbons (Fsp3) is 0.600. The average Bonchev–Trinajstić information content (AvgIpc) is 3.05. The molecule has 0 bridgehead atoms. The molecule has 2 unspecified atom stereocenters. The molecule has 33 heavy (non-hydrogen) atoms. The van der Waals surface area contributed by atoms with Gasteiger partial charge in [-0.25, -0.2) is 0 Å². The number of amides is 1. The Balaban J connectivity index is 1.81. The van der Waals surface area contributed by atoms with E-state index in [4.69, 9.17) is 12.2 Å². The van der Waals surface area contributed by atoms with Crippen LogP contribution in [0.5, 0.6) is 0 Å². The lowest BCUT2D eigenvalue weighted by Gasteiger charge is -2.38. The third kappa shape index (κ3) is 4.50. The Bertz CT molecular complexity index is 1100. The largest absolute Gasteiger partial charge is 0.357 e. The van der Waals surface area contributed by atoms with Gasteiger partial charge in [0.05, 0.1) is 4.91 Å². The van der Waals surface area contributed by atoms with Crippen LogP contribution in [0.3, 0.4) is 0 Å². The third-order valence-corrected chi connectivity index (χ3v) is 8.51. The van der Waals surface area contributed by atoms with Gasteiger partial charge in [-0.15, -0.1) is 0 Å². The maximum Gasteiger partial charge on any atom is 0.270 e. The van der Waals surface area contributed by atoms with Crippen LogP contribution >= 0.6 is 24.0 Å². The number of hydrogen-bond donors (Lipinski definition) is 0. The van der Waals surface area contributed by atoms with Gasteiger partial charge in [0.1, 0.15) is 21.8 Å². The molecule has 1 aliphatic carbocycles. The van der Waals surface area contributed by atoms with Gasteiger partial charge in [-0.3, -0.25) is 19.1 Å². The zero-order valence-corrected chi connectivity index (χ0v) is 21.5. The van der Waals surface area contributed by atoms with Gasteiger partial charge in [0, 0.05) is 31.7 Å². The highest BCUT2D eigenvalue weighted by atomic mass is 32.2. The highest BCUT2D eigenvalue weighted by Gasteiger charge is 2.38. The third-order valence-electron chi connectivity index (χ3n) is 7.18. The molecule has 6 nitrogen and oxygen atoms in total. The second-order valence-corrected chi connectivity index (χ2v) is 11.6. The van der Waals surface area contributed by atoms with Crippen LogP contribution in [0, 0.1) is 30.1 Å². The molecule has 1 saturated carbocycles. The van der Waals surface area contributed by atoms with Gasteiger partial charge >= 0.3 is 0 Å². The smallest absolute Gasteiger partial charge is 0.270 e. The summed E-state index contributed by atoms with van der Waals surface area (Å²) < 4.78 is 2.20. The molecule has 1 aromatic rings. The number of carbonyl (C=O) groups excluding carboxylic acids is 1. The molecule has 8 heteroatoms. The first-order valence-corrected chi connectivity index (χ1v) is 13.1. The summed E-state index contributed by atoms with van der Waals surface area (Å²) in [6.07, 6.45) is 8.47. The summed E-state index contributed by atoms with van der Waals surface area (Å²) in [6, 6.07) is 2.27. The van der Waals surface area contributed by atoms with Crippen molar-refractivity contribution >= 4 is 46.1 Å². The van der Waals surface area contributed by atoms with E-state index in [1.165, 1.54) is 18.2 Å². The number of piperidine rings is 1. The lowest BCUT2D eigenvalue weighted by molar-refractivity contribution is -0.124. The molecule has 176 valence electrons. The molecule has 0 spiro atoms. The molecule has 1 aromatic heterocycles. The van der Waals surface area contributed by atoms with Crippen LogP contribution in [0.15, 0.2) is 9.70 Å². The van der Waals surface area contributed by atoms with Crippen LogP contribution in [-0.2, 0) is 11.8 Å². The average molecular weight is 485 g/mol. The van der Waals surface area contributed by atoms with E-state index in [2.05, 4.69) is 24.8 Å². The number of anilines is 1. The summed E-state index contributed by atoms with van der Waals surface area (Å²) in [5, 5.41) is 9.70. The number of rotatable bonds is 3. The van der Waals surface area contributed by atoms with Crippen molar-refractivity contribution in [1.29, 1.82) is 5.26 Å². The Kier molecular flexibility index (Phi) is 7.01. The summed E-state index contributed by atoms with van der Waals surface area (Å²) in [7, 11) is 1.73. The van der Waals surface area contributed by atoms with Gasteiger partial charge in [-0.2, -0.15) is 5.26 Å². The molecule has 0 N–H and O–H groups in total. The number of pyridine rings is 1. The van der Waals surface area contributed by atoms with E-state index >= 15 is 0 Å². The normalized spacial score (nSPS) is 25.7. The first kappa shape index (κ1) is 24.0. The van der Waals surface area contributed by atoms with Crippen LogP contribution in [-0.4, -0.2) is 38.8 Å². The predicted molar refractivity (Wildman–Crippen MR) is 138 cm³/mol. The second kappa shape index (κ2) is 9.63. The topological polar surface area (TPSA) is 69.3 Å². The molecule has 0 aromatic carbocycles. The number of hydrogen-bond acceptors (Lipinski definition) is 6. The number of carbonyl (C=O) groups is 1. The Morgan fingerprint density at radius 2 is 1.76 bits per heavy atom. The fourth-order valence-corrected chi connectivity index (χ4v) is 7.08. The Morgan fingerprint density at radius 3 is 2.36 bits per heavy atom. The Labute approximate surface area is 205 Å². The molecule has 1 amide bonds. The monoisotopic (exact) mass is 484 g/mol. The first-order chi connectivity index (χ1) is 15.7. The van der Waals surface area contributed by atoms with Crippen LogP contribution in [0.25, 0.3) is 6.08 Å². The van der Waals surface area contributed by atoms with Gasteiger partial charge < -0.3 is 4.90 Å². The molecule has 4 rings (SSSR count). The summed E-state index contributed by atoms with van der Waals surface area (Å²) in [4.78, 5) is 31.1. The van der Waals surface area contributed by atoms with Crippen molar-refractivity contribution < 1.29 is 4.79 Å². The lowest BCUT2D eigenvalue weighted by Crippen LogP contribution is -2.42. The molecule has 2 saturated heterocycles. The Hall–Kier alpha value is -2.11.